The summed E-state index contributed by atoms with van der Waals surface area (Å²) in [6.07, 6.45) is 1.50. The third-order valence-corrected chi connectivity index (χ3v) is 4.63. The largest absolute Gasteiger partial charge is 0.349 e. The minimum Gasteiger partial charge on any atom is -0.349 e. The van der Waals surface area contributed by atoms with Gasteiger partial charge >= 0.3 is 0 Å². The lowest BCUT2D eigenvalue weighted by atomic mass is 10.3. The molecule has 24 heavy (non-hydrogen) atoms. The van der Waals surface area contributed by atoms with Crippen molar-refractivity contribution in [1.82, 2.24) is 25.3 Å². The van der Waals surface area contributed by atoms with Gasteiger partial charge in [0.25, 0.3) is 5.91 Å². The normalized spacial score (nSPS) is 11.5. The highest BCUT2D eigenvalue weighted by atomic mass is 32.2. The van der Waals surface area contributed by atoms with Crippen LogP contribution in [0.3, 0.4) is 0 Å². The molecule has 0 aliphatic heterocycles. The van der Waals surface area contributed by atoms with E-state index in [1.165, 1.54) is 12.3 Å². The molecule has 3 aromatic rings. The molecule has 0 atom stereocenters. The molecule has 2 N–H and O–H groups in total. The van der Waals surface area contributed by atoms with Crippen LogP contribution >= 0.6 is 0 Å². The standard InChI is InChI=1S/C14H13N5O4S/c20-14(11-4-1-2-7-15-11)16-8-9-17-24(21,22)12-6-3-5-10-13(12)19-23-18-10/h1-7,17H,8-9H2,(H,16,20). The van der Waals surface area contributed by atoms with Crippen molar-refractivity contribution in [3.63, 3.8) is 0 Å². The Bertz CT molecular complexity index is 955. The minimum absolute atomic E-state index is 0.0164. The topological polar surface area (TPSA) is 127 Å². The van der Waals surface area contributed by atoms with Crippen molar-refractivity contribution in [2.45, 2.75) is 4.90 Å². The molecule has 2 aromatic heterocycles. The average Bonchev–Trinajstić information content (AvgIpc) is 3.08. The molecule has 0 saturated carbocycles. The van der Waals surface area contributed by atoms with E-state index >= 15 is 0 Å². The zero-order valence-electron chi connectivity index (χ0n) is 12.3. The van der Waals surface area contributed by atoms with Crippen molar-refractivity contribution in [3.8, 4) is 0 Å². The molecule has 1 aromatic carbocycles. The molecule has 0 saturated heterocycles. The summed E-state index contributed by atoms with van der Waals surface area (Å²) in [5, 5.41) is 9.78. The van der Waals surface area contributed by atoms with Crippen LogP contribution in [0.5, 0.6) is 0 Å². The zero-order chi connectivity index (χ0) is 17.0. The molecular formula is C14H13N5O4S. The Hall–Kier alpha value is -2.85. The molecule has 0 fully saturated rings. The number of rotatable bonds is 6. The maximum atomic E-state index is 12.3. The second-order valence-electron chi connectivity index (χ2n) is 4.76. The molecule has 2 heterocycles. The van der Waals surface area contributed by atoms with E-state index in [1.807, 2.05) is 0 Å². The molecule has 0 radical (unpaired) electrons. The van der Waals surface area contributed by atoms with Gasteiger partial charge in [-0.2, -0.15) is 0 Å². The summed E-state index contributed by atoms with van der Waals surface area (Å²) in [5.41, 5.74) is 0.766. The van der Waals surface area contributed by atoms with Crippen LogP contribution in [0.1, 0.15) is 10.5 Å². The van der Waals surface area contributed by atoms with Gasteiger partial charge in [-0.05, 0) is 34.6 Å². The Morgan fingerprint density at radius 2 is 1.96 bits per heavy atom. The van der Waals surface area contributed by atoms with E-state index in [4.69, 9.17) is 0 Å². The first-order valence-electron chi connectivity index (χ1n) is 6.98. The van der Waals surface area contributed by atoms with E-state index in [-0.39, 0.29) is 35.1 Å². The highest BCUT2D eigenvalue weighted by Gasteiger charge is 2.19. The molecule has 1 amide bonds. The van der Waals surface area contributed by atoms with Crippen LogP contribution in [0, 0.1) is 0 Å². The van der Waals surface area contributed by atoms with Crippen LogP contribution in [0.25, 0.3) is 11.0 Å². The van der Waals surface area contributed by atoms with E-state index < -0.39 is 10.0 Å². The predicted molar refractivity (Wildman–Crippen MR) is 83.6 cm³/mol. The summed E-state index contributed by atoms with van der Waals surface area (Å²) in [6.45, 7) is 0.129. The third kappa shape index (κ3) is 3.39. The van der Waals surface area contributed by atoms with Crippen molar-refractivity contribution in [3.05, 3.63) is 48.3 Å². The van der Waals surface area contributed by atoms with Gasteiger partial charge in [0.15, 0.2) is 5.52 Å². The molecule has 0 aliphatic carbocycles. The van der Waals surface area contributed by atoms with E-state index in [1.54, 1.807) is 30.3 Å². The van der Waals surface area contributed by atoms with Gasteiger partial charge in [0.05, 0.1) is 0 Å². The van der Waals surface area contributed by atoms with Gasteiger partial charge in [0.2, 0.25) is 10.0 Å². The number of nitrogens with one attached hydrogen (secondary N) is 2. The Kier molecular flexibility index (Phi) is 4.49. The quantitative estimate of drug-likeness (QED) is 0.615. The predicted octanol–water partition coefficient (Wildman–Crippen LogP) is 0.326. The third-order valence-electron chi connectivity index (χ3n) is 3.14. The summed E-state index contributed by atoms with van der Waals surface area (Å²) >= 11 is 0. The zero-order valence-corrected chi connectivity index (χ0v) is 13.2. The number of nitrogens with zero attached hydrogens (tertiary/aromatic N) is 3. The second kappa shape index (κ2) is 6.72. The Balaban J connectivity index is 1.60. The molecule has 10 heteroatoms. The maximum Gasteiger partial charge on any atom is 0.269 e. The van der Waals surface area contributed by atoms with Crippen molar-refractivity contribution >= 4 is 27.0 Å². The number of sulfonamides is 1. The van der Waals surface area contributed by atoms with Crippen LogP contribution in [-0.4, -0.2) is 42.7 Å². The number of hydrogen-bond acceptors (Lipinski definition) is 7. The first kappa shape index (κ1) is 16.0. The summed E-state index contributed by atoms with van der Waals surface area (Å²) in [4.78, 5) is 15.7. The molecule has 3 rings (SSSR count). The number of fused-ring (bicyclic) bond motifs is 1. The van der Waals surface area contributed by atoms with Gasteiger partial charge in [-0.25, -0.2) is 17.8 Å². The van der Waals surface area contributed by atoms with Gasteiger partial charge in [0, 0.05) is 19.3 Å². The van der Waals surface area contributed by atoms with Crippen molar-refractivity contribution in [1.29, 1.82) is 0 Å². The van der Waals surface area contributed by atoms with Crippen LogP contribution in [0.15, 0.2) is 52.1 Å². The average molecular weight is 347 g/mol. The molecule has 0 bridgehead atoms. The van der Waals surface area contributed by atoms with E-state index in [0.717, 1.165) is 0 Å². The Labute approximate surface area is 137 Å². The molecule has 9 nitrogen and oxygen atoms in total. The van der Waals surface area contributed by atoms with Crippen LogP contribution < -0.4 is 10.0 Å². The fourth-order valence-corrected chi connectivity index (χ4v) is 3.21. The number of benzene rings is 1. The Morgan fingerprint density at radius 3 is 2.75 bits per heavy atom. The monoisotopic (exact) mass is 347 g/mol. The number of amides is 1. The number of hydrogen-bond donors (Lipinski definition) is 2. The van der Waals surface area contributed by atoms with Crippen molar-refractivity contribution in [2.75, 3.05) is 13.1 Å². The highest BCUT2D eigenvalue weighted by Crippen LogP contribution is 2.19. The number of carbonyl (C=O) groups excluding carboxylic acids is 1. The van der Waals surface area contributed by atoms with Gasteiger partial charge in [-0.3, -0.25) is 9.78 Å². The number of carbonyl (C=O) groups is 1. The SMILES string of the molecule is O=C(NCCNS(=O)(=O)c1cccc2nonc12)c1ccccn1. The van der Waals surface area contributed by atoms with Gasteiger partial charge in [-0.15, -0.1) is 0 Å². The summed E-state index contributed by atoms with van der Waals surface area (Å²) in [7, 11) is -3.80. The molecule has 0 aliphatic rings. The lowest BCUT2D eigenvalue weighted by Gasteiger charge is -2.08. The molecule has 124 valence electrons. The van der Waals surface area contributed by atoms with Crippen LogP contribution in [0.4, 0.5) is 0 Å². The van der Waals surface area contributed by atoms with Gasteiger partial charge in [0.1, 0.15) is 16.1 Å². The first-order valence-corrected chi connectivity index (χ1v) is 8.46. The second-order valence-corrected chi connectivity index (χ2v) is 6.49. The van der Waals surface area contributed by atoms with E-state index in [0.29, 0.717) is 5.52 Å². The fraction of sp³-hybridized carbons (Fsp3) is 0.143. The van der Waals surface area contributed by atoms with E-state index in [2.05, 4.69) is 30.0 Å². The highest BCUT2D eigenvalue weighted by molar-refractivity contribution is 7.89. The lowest BCUT2D eigenvalue weighted by molar-refractivity contribution is 0.0949. The first-order chi connectivity index (χ1) is 11.6. The summed E-state index contributed by atoms with van der Waals surface area (Å²) < 4.78 is 31.6. The smallest absolute Gasteiger partial charge is 0.269 e. The summed E-state index contributed by atoms with van der Waals surface area (Å²) in [5.74, 6) is -0.377. The number of aromatic nitrogens is 3. The summed E-state index contributed by atoms with van der Waals surface area (Å²) in [6, 6.07) is 9.50. The van der Waals surface area contributed by atoms with E-state index in [9.17, 15) is 13.2 Å². The fourth-order valence-electron chi connectivity index (χ4n) is 2.03. The minimum atomic E-state index is -3.80. The molecule has 0 unspecified atom stereocenters. The number of pyridine rings is 1. The van der Waals surface area contributed by atoms with Gasteiger partial charge < -0.3 is 5.32 Å². The lowest BCUT2D eigenvalue weighted by Crippen LogP contribution is -2.35. The molecular weight excluding hydrogens is 334 g/mol. The van der Waals surface area contributed by atoms with Crippen LogP contribution in [0.2, 0.25) is 0 Å². The van der Waals surface area contributed by atoms with Crippen molar-refractivity contribution < 1.29 is 17.8 Å². The molecule has 0 spiro atoms. The van der Waals surface area contributed by atoms with Crippen molar-refractivity contribution in [2.24, 2.45) is 0 Å². The van der Waals surface area contributed by atoms with Gasteiger partial charge in [-0.1, -0.05) is 12.1 Å². The van der Waals surface area contributed by atoms with Crippen LogP contribution in [-0.2, 0) is 10.0 Å². The maximum absolute atomic E-state index is 12.3. The Morgan fingerprint density at radius 1 is 1.08 bits per heavy atom.